The third-order valence-electron chi connectivity index (χ3n) is 3.23. The Hall–Kier alpha value is -2.08. The molecule has 0 amide bonds. The highest BCUT2D eigenvalue weighted by molar-refractivity contribution is 7.21. The predicted molar refractivity (Wildman–Crippen MR) is 84.2 cm³/mol. The van der Waals surface area contributed by atoms with E-state index < -0.39 is 11.7 Å². The molecule has 0 aliphatic rings. The van der Waals surface area contributed by atoms with Gasteiger partial charge in [-0.15, -0.1) is 11.3 Å². The second-order valence-corrected chi connectivity index (χ2v) is 5.84. The number of anilines is 1. The van der Waals surface area contributed by atoms with Gasteiger partial charge in [0.05, 0.1) is 15.8 Å². The molecule has 0 fully saturated rings. The van der Waals surface area contributed by atoms with E-state index in [4.69, 9.17) is 0 Å². The molecule has 3 rings (SSSR count). The van der Waals surface area contributed by atoms with Crippen LogP contribution >= 0.6 is 11.3 Å². The van der Waals surface area contributed by atoms with E-state index >= 15 is 0 Å². The molecule has 2 nitrogen and oxygen atoms in total. The standard InChI is InChI=1S/C16H13F3N2S/c1-2-20-12-6-3-10(4-7-12)15-21-13-9-11(16(17,18)19)5-8-14(13)22-15/h3-9,20H,2H2,1H3. The van der Waals surface area contributed by atoms with Crippen molar-refractivity contribution in [3.8, 4) is 10.6 Å². The van der Waals surface area contributed by atoms with E-state index in [2.05, 4.69) is 10.3 Å². The first-order valence-electron chi connectivity index (χ1n) is 6.79. The molecular weight excluding hydrogens is 309 g/mol. The van der Waals surface area contributed by atoms with Gasteiger partial charge in [-0.2, -0.15) is 13.2 Å². The summed E-state index contributed by atoms with van der Waals surface area (Å²) >= 11 is 1.39. The number of nitrogens with one attached hydrogen (secondary N) is 1. The SMILES string of the molecule is CCNc1ccc(-c2nc3cc(C(F)(F)F)ccc3s2)cc1. The highest BCUT2D eigenvalue weighted by Crippen LogP contribution is 2.35. The third-order valence-corrected chi connectivity index (χ3v) is 4.31. The summed E-state index contributed by atoms with van der Waals surface area (Å²) in [4.78, 5) is 4.33. The molecule has 1 N–H and O–H groups in total. The molecule has 1 aromatic heterocycles. The zero-order valence-electron chi connectivity index (χ0n) is 11.7. The normalized spacial score (nSPS) is 11.8. The zero-order chi connectivity index (χ0) is 15.7. The van der Waals surface area contributed by atoms with Crippen molar-refractivity contribution in [3.63, 3.8) is 0 Å². The molecule has 0 aliphatic heterocycles. The number of alkyl halides is 3. The number of rotatable bonds is 3. The van der Waals surface area contributed by atoms with Crippen LogP contribution in [0.15, 0.2) is 42.5 Å². The van der Waals surface area contributed by atoms with Gasteiger partial charge in [-0.05, 0) is 49.4 Å². The minimum Gasteiger partial charge on any atom is -0.385 e. The number of benzene rings is 2. The van der Waals surface area contributed by atoms with Crippen molar-refractivity contribution in [1.29, 1.82) is 0 Å². The summed E-state index contributed by atoms with van der Waals surface area (Å²) in [6.07, 6.45) is -4.34. The fraction of sp³-hybridized carbons (Fsp3) is 0.188. The van der Waals surface area contributed by atoms with Crippen LogP contribution in [-0.4, -0.2) is 11.5 Å². The molecule has 0 unspecified atom stereocenters. The van der Waals surface area contributed by atoms with E-state index in [9.17, 15) is 13.2 Å². The number of nitrogens with zero attached hydrogens (tertiary/aromatic N) is 1. The predicted octanol–water partition coefficient (Wildman–Crippen LogP) is 5.41. The quantitative estimate of drug-likeness (QED) is 0.697. The summed E-state index contributed by atoms with van der Waals surface area (Å²) < 4.78 is 38.9. The first-order chi connectivity index (χ1) is 10.5. The zero-order valence-corrected chi connectivity index (χ0v) is 12.6. The van der Waals surface area contributed by atoms with Crippen molar-refractivity contribution in [1.82, 2.24) is 4.98 Å². The number of fused-ring (bicyclic) bond motifs is 1. The van der Waals surface area contributed by atoms with Gasteiger partial charge < -0.3 is 5.32 Å². The Balaban J connectivity index is 1.97. The van der Waals surface area contributed by atoms with Crippen molar-refractivity contribution in [2.45, 2.75) is 13.1 Å². The average molecular weight is 322 g/mol. The summed E-state index contributed by atoms with van der Waals surface area (Å²) in [5.74, 6) is 0. The van der Waals surface area contributed by atoms with Crippen LogP contribution in [-0.2, 0) is 6.18 Å². The third kappa shape index (κ3) is 2.92. The first-order valence-corrected chi connectivity index (χ1v) is 7.61. The van der Waals surface area contributed by atoms with Gasteiger partial charge in [0.2, 0.25) is 0 Å². The van der Waals surface area contributed by atoms with Crippen LogP contribution in [0.3, 0.4) is 0 Å². The molecule has 0 bridgehead atoms. The van der Waals surface area contributed by atoms with Gasteiger partial charge in [-0.25, -0.2) is 4.98 Å². The van der Waals surface area contributed by atoms with Crippen LogP contribution in [0.1, 0.15) is 12.5 Å². The first kappa shape index (κ1) is 14.8. The Kier molecular flexibility index (Phi) is 3.78. The lowest BCUT2D eigenvalue weighted by atomic mass is 10.2. The van der Waals surface area contributed by atoms with Crippen LogP contribution < -0.4 is 5.32 Å². The Labute approximate surface area is 129 Å². The van der Waals surface area contributed by atoms with Gasteiger partial charge in [0, 0.05) is 17.8 Å². The second kappa shape index (κ2) is 5.61. The maximum atomic E-state index is 12.7. The monoisotopic (exact) mass is 322 g/mol. The highest BCUT2D eigenvalue weighted by atomic mass is 32.1. The van der Waals surface area contributed by atoms with Crippen molar-refractivity contribution >= 4 is 27.2 Å². The molecule has 0 saturated heterocycles. The number of hydrogen-bond acceptors (Lipinski definition) is 3. The van der Waals surface area contributed by atoms with Crippen LogP contribution in [0.2, 0.25) is 0 Å². The van der Waals surface area contributed by atoms with E-state index in [1.54, 1.807) is 0 Å². The fourth-order valence-corrected chi connectivity index (χ4v) is 3.11. The Morgan fingerprint density at radius 2 is 1.82 bits per heavy atom. The molecule has 0 radical (unpaired) electrons. The Morgan fingerprint density at radius 3 is 2.45 bits per heavy atom. The maximum absolute atomic E-state index is 12.7. The lowest BCUT2D eigenvalue weighted by Crippen LogP contribution is -2.03. The van der Waals surface area contributed by atoms with Crippen molar-refractivity contribution < 1.29 is 13.2 Å². The van der Waals surface area contributed by atoms with E-state index in [0.717, 1.165) is 39.6 Å². The highest BCUT2D eigenvalue weighted by Gasteiger charge is 2.30. The summed E-state index contributed by atoms with van der Waals surface area (Å²) in [6.45, 7) is 2.85. The molecule has 6 heteroatoms. The lowest BCUT2D eigenvalue weighted by molar-refractivity contribution is -0.137. The molecule has 0 aliphatic carbocycles. The maximum Gasteiger partial charge on any atom is 0.416 e. The van der Waals surface area contributed by atoms with E-state index in [1.807, 2.05) is 31.2 Å². The molecule has 0 saturated carbocycles. The fourth-order valence-electron chi connectivity index (χ4n) is 2.16. The van der Waals surface area contributed by atoms with Crippen molar-refractivity contribution in [3.05, 3.63) is 48.0 Å². The topological polar surface area (TPSA) is 24.9 Å². The molecule has 0 spiro atoms. The van der Waals surface area contributed by atoms with E-state index in [1.165, 1.54) is 17.4 Å². The molecule has 2 aromatic carbocycles. The molecule has 22 heavy (non-hydrogen) atoms. The Morgan fingerprint density at radius 1 is 1.09 bits per heavy atom. The van der Waals surface area contributed by atoms with Gasteiger partial charge in [0.15, 0.2) is 0 Å². The van der Waals surface area contributed by atoms with E-state index in [0.29, 0.717) is 5.52 Å². The van der Waals surface area contributed by atoms with E-state index in [-0.39, 0.29) is 0 Å². The molecule has 3 aromatic rings. The van der Waals surface area contributed by atoms with Gasteiger partial charge in [-0.1, -0.05) is 0 Å². The molecule has 1 heterocycles. The summed E-state index contributed by atoms with van der Waals surface area (Å²) in [6, 6.07) is 11.4. The summed E-state index contributed by atoms with van der Waals surface area (Å²) in [5, 5.41) is 3.91. The lowest BCUT2D eigenvalue weighted by Gasteiger charge is -2.04. The Bertz CT molecular complexity index is 791. The van der Waals surface area contributed by atoms with Crippen LogP contribution in [0, 0.1) is 0 Å². The molecule has 114 valence electrons. The smallest absolute Gasteiger partial charge is 0.385 e. The average Bonchev–Trinajstić information content (AvgIpc) is 2.90. The minimum absolute atomic E-state index is 0.380. The largest absolute Gasteiger partial charge is 0.416 e. The number of halogens is 3. The number of hydrogen-bond donors (Lipinski definition) is 1. The molecular formula is C16H13F3N2S. The van der Waals surface area contributed by atoms with Crippen LogP contribution in [0.25, 0.3) is 20.8 Å². The summed E-state index contributed by atoms with van der Waals surface area (Å²) in [5.41, 5.74) is 1.62. The van der Waals surface area contributed by atoms with Gasteiger partial charge >= 0.3 is 6.18 Å². The minimum atomic E-state index is -4.34. The van der Waals surface area contributed by atoms with Gasteiger partial charge in [0.1, 0.15) is 5.01 Å². The van der Waals surface area contributed by atoms with Gasteiger partial charge in [-0.3, -0.25) is 0 Å². The molecule has 0 atom stereocenters. The van der Waals surface area contributed by atoms with Gasteiger partial charge in [0.25, 0.3) is 0 Å². The number of aromatic nitrogens is 1. The number of thiazole rings is 1. The summed E-state index contributed by atoms with van der Waals surface area (Å²) in [7, 11) is 0. The van der Waals surface area contributed by atoms with Crippen molar-refractivity contribution in [2.75, 3.05) is 11.9 Å². The van der Waals surface area contributed by atoms with Crippen molar-refractivity contribution in [2.24, 2.45) is 0 Å². The van der Waals surface area contributed by atoms with Crippen LogP contribution in [0.5, 0.6) is 0 Å². The second-order valence-electron chi connectivity index (χ2n) is 4.81. The van der Waals surface area contributed by atoms with Crippen LogP contribution in [0.4, 0.5) is 18.9 Å².